The molecule has 0 atom stereocenters. The quantitative estimate of drug-likeness (QED) is 0.566. The van der Waals surface area contributed by atoms with Crippen LogP contribution in [0.3, 0.4) is 0 Å². The maximum absolute atomic E-state index is 10.7. The third-order valence-electron chi connectivity index (χ3n) is 1.34. The van der Waals surface area contributed by atoms with Gasteiger partial charge in [-0.3, -0.25) is 4.98 Å². The first-order chi connectivity index (χ1) is 4.70. The summed E-state index contributed by atoms with van der Waals surface area (Å²) in [5.74, 6) is 0.195. The van der Waals surface area contributed by atoms with Crippen molar-refractivity contribution in [1.29, 1.82) is 0 Å². The molecule has 0 amide bonds. The van der Waals surface area contributed by atoms with Crippen molar-refractivity contribution in [2.24, 2.45) is 0 Å². The van der Waals surface area contributed by atoms with E-state index in [1.807, 2.05) is 19.9 Å². The Bertz CT molecular complexity index is 225. The van der Waals surface area contributed by atoms with Gasteiger partial charge in [0.05, 0.1) is 0 Å². The number of aromatic nitrogens is 1. The Labute approximate surface area is 116 Å². The summed E-state index contributed by atoms with van der Waals surface area (Å²) < 4.78 is 0. The van der Waals surface area contributed by atoms with Gasteiger partial charge in [0.1, 0.15) is 0 Å². The van der Waals surface area contributed by atoms with Gasteiger partial charge in [-0.25, -0.2) is 0 Å². The van der Waals surface area contributed by atoms with Crippen LogP contribution in [-0.2, 0) is 0 Å². The van der Waals surface area contributed by atoms with Gasteiger partial charge in [0.15, 0.2) is 0 Å². The molecular weight excluding hydrogens is 212 g/mol. The van der Waals surface area contributed by atoms with Crippen molar-refractivity contribution in [3.8, 4) is 5.88 Å². The number of hydrogen-bond acceptors (Lipinski definition) is 2. The second-order valence-corrected chi connectivity index (χ2v) is 2.56. The molecule has 1 rings (SSSR count). The van der Waals surface area contributed by atoms with Crippen LogP contribution in [0.25, 0.3) is 0 Å². The molecule has 0 aromatic carbocycles. The summed E-state index contributed by atoms with van der Waals surface area (Å²) in [5.41, 5.74) is 0.868. The van der Waals surface area contributed by atoms with E-state index in [2.05, 4.69) is 4.98 Å². The van der Waals surface area contributed by atoms with Gasteiger partial charge in [0, 0.05) is 5.69 Å². The van der Waals surface area contributed by atoms with Crippen molar-refractivity contribution < 1.29 is 63.3 Å². The Balaban J connectivity index is 0.000001000. The topological polar surface area (TPSA) is 36.0 Å². The van der Waals surface area contributed by atoms with Crippen LogP contribution < -0.4 is 63.3 Å². The zero-order chi connectivity index (χ0) is 7.56. The van der Waals surface area contributed by atoms with Gasteiger partial charge in [-0.05, 0) is 17.9 Å². The van der Waals surface area contributed by atoms with Crippen molar-refractivity contribution >= 4 is 0 Å². The van der Waals surface area contributed by atoms with Gasteiger partial charge in [-0.2, -0.15) is 0 Å². The predicted molar refractivity (Wildman–Crippen MR) is 37.8 cm³/mol. The zero-order valence-corrected chi connectivity index (χ0v) is 12.1. The predicted octanol–water partition coefficient (Wildman–Crippen LogP) is -1.72. The van der Waals surface area contributed by atoms with Crippen LogP contribution in [0.5, 0.6) is 5.88 Å². The van der Waals surface area contributed by atoms with Crippen LogP contribution in [0.4, 0.5) is 0 Å². The molecular formula is C8H10NORb. The molecule has 54 valence electrons. The van der Waals surface area contributed by atoms with E-state index < -0.39 is 0 Å². The molecule has 1 heterocycles. The summed E-state index contributed by atoms with van der Waals surface area (Å²) in [6.07, 6.45) is 0. The van der Waals surface area contributed by atoms with E-state index in [9.17, 15) is 5.11 Å². The van der Waals surface area contributed by atoms with Gasteiger partial charge in [-0.1, -0.05) is 26.0 Å². The summed E-state index contributed by atoms with van der Waals surface area (Å²) in [4.78, 5) is 3.82. The van der Waals surface area contributed by atoms with E-state index in [0.717, 1.165) is 5.69 Å². The average molecular weight is 222 g/mol. The number of rotatable bonds is 1. The third kappa shape index (κ3) is 3.79. The Kier molecular flexibility index (Phi) is 5.78. The van der Waals surface area contributed by atoms with Crippen LogP contribution in [0, 0.1) is 0 Å². The summed E-state index contributed by atoms with van der Waals surface area (Å²) in [6.45, 7) is 4.03. The Morgan fingerprint density at radius 1 is 1.36 bits per heavy atom. The molecule has 0 bridgehead atoms. The Morgan fingerprint density at radius 3 is 2.36 bits per heavy atom. The smallest absolute Gasteiger partial charge is 0.859 e. The molecule has 0 aliphatic carbocycles. The fourth-order valence-electron chi connectivity index (χ4n) is 0.752. The largest absolute Gasteiger partial charge is 1.00 e. The summed E-state index contributed by atoms with van der Waals surface area (Å²) in [5, 5.41) is 10.7. The molecule has 0 spiro atoms. The van der Waals surface area contributed by atoms with Crippen LogP contribution >= 0.6 is 0 Å². The molecule has 0 saturated heterocycles. The zero-order valence-electron chi connectivity index (χ0n) is 7.16. The summed E-state index contributed by atoms with van der Waals surface area (Å²) >= 11 is 0. The molecule has 3 heteroatoms. The van der Waals surface area contributed by atoms with Crippen LogP contribution in [0.2, 0.25) is 0 Å². The maximum atomic E-state index is 10.7. The Hall–Kier alpha value is 0.755. The molecule has 0 aliphatic rings. The molecule has 0 unspecified atom stereocenters. The van der Waals surface area contributed by atoms with E-state index in [4.69, 9.17) is 0 Å². The van der Waals surface area contributed by atoms with E-state index in [1.165, 1.54) is 6.07 Å². The second-order valence-electron chi connectivity index (χ2n) is 2.56. The van der Waals surface area contributed by atoms with Gasteiger partial charge < -0.3 is 5.11 Å². The van der Waals surface area contributed by atoms with Crippen molar-refractivity contribution in [3.63, 3.8) is 0 Å². The van der Waals surface area contributed by atoms with E-state index in [0.29, 0.717) is 5.92 Å². The fraction of sp³-hybridized carbons (Fsp3) is 0.375. The molecule has 0 N–H and O–H groups in total. The third-order valence-corrected chi connectivity index (χ3v) is 1.34. The minimum absolute atomic E-state index is 0. The van der Waals surface area contributed by atoms with E-state index in [1.54, 1.807) is 6.07 Å². The van der Waals surface area contributed by atoms with E-state index in [-0.39, 0.29) is 64.1 Å². The maximum Gasteiger partial charge on any atom is 1.00 e. The monoisotopic (exact) mass is 221 g/mol. The molecule has 0 saturated carbocycles. The molecule has 1 aromatic heterocycles. The van der Waals surface area contributed by atoms with Gasteiger partial charge >= 0.3 is 58.2 Å². The summed E-state index contributed by atoms with van der Waals surface area (Å²) in [7, 11) is 0. The Morgan fingerprint density at radius 2 is 2.00 bits per heavy atom. The molecule has 0 aliphatic heterocycles. The molecule has 0 radical (unpaired) electrons. The number of nitrogens with zero attached hydrogens (tertiary/aromatic N) is 1. The first-order valence-corrected chi connectivity index (χ1v) is 3.34. The van der Waals surface area contributed by atoms with Gasteiger partial charge in [0.25, 0.3) is 0 Å². The van der Waals surface area contributed by atoms with Crippen molar-refractivity contribution in [3.05, 3.63) is 23.9 Å². The van der Waals surface area contributed by atoms with Crippen molar-refractivity contribution in [2.75, 3.05) is 0 Å². The van der Waals surface area contributed by atoms with Crippen molar-refractivity contribution in [2.45, 2.75) is 19.8 Å². The molecule has 11 heavy (non-hydrogen) atoms. The first kappa shape index (κ1) is 11.8. The van der Waals surface area contributed by atoms with Crippen LogP contribution in [0.1, 0.15) is 25.5 Å². The average Bonchev–Trinajstić information content (AvgIpc) is 1.88. The van der Waals surface area contributed by atoms with Crippen LogP contribution in [0.15, 0.2) is 18.2 Å². The molecule has 2 nitrogen and oxygen atoms in total. The van der Waals surface area contributed by atoms with Gasteiger partial charge in [0.2, 0.25) is 0 Å². The fourth-order valence-corrected chi connectivity index (χ4v) is 0.752. The standard InChI is InChI=1S/C8H11NO.Rb/c1-6(2)7-4-3-5-8(10)9-7;/h3-6H,1-2H3,(H,9,10);/q;+1/p-1. The van der Waals surface area contributed by atoms with Crippen molar-refractivity contribution in [1.82, 2.24) is 4.98 Å². The van der Waals surface area contributed by atoms with E-state index >= 15 is 0 Å². The first-order valence-electron chi connectivity index (χ1n) is 3.34. The summed E-state index contributed by atoms with van der Waals surface area (Å²) in [6, 6.07) is 5.07. The molecule has 1 aromatic rings. The number of hydrogen-bond donors (Lipinski definition) is 0. The second kappa shape index (κ2) is 5.41. The SMILES string of the molecule is CC(C)c1cccc([O-])n1.[Rb+]. The van der Waals surface area contributed by atoms with Crippen LogP contribution in [-0.4, -0.2) is 4.98 Å². The minimum Gasteiger partial charge on any atom is -0.859 e. The normalized spacial score (nSPS) is 9.36. The number of pyridine rings is 1. The molecule has 0 fully saturated rings. The van der Waals surface area contributed by atoms with Gasteiger partial charge in [-0.15, -0.1) is 0 Å². The minimum atomic E-state index is -0.147.